The van der Waals surface area contributed by atoms with Gasteiger partial charge in [0.15, 0.2) is 5.03 Å². The van der Waals surface area contributed by atoms with Gasteiger partial charge in [-0.1, -0.05) is 48.9 Å². The molecule has 0 amide bonds. The normalized spacial score (nSPS) is 20.4. The Morgan fingerprint density at radius 1 is 1.12 bits per heavy atom. The molecule has 2 aromatic carbocycles. The number of nitrogens with zero attached hydrogens (tertiary/aromatic N) is 2. The number of ether oxygens (including phenoxy) is 1. The summed E-state index contributed by atoms with van der Waals surface area (Å²) in [6, 6.07) is 16.8. The largest absolute Gasteiger partial charge is 0.492 e. The lowest BCUT2D eigenvalue weighted by Gasteiger charge is -2.37. The second kappa shape index (κ2) is 9.90. The summed E-state index contributed by atoms with van der Waals surface area (Å²) < 4.78 is 35.7. The minimum atomic E-state index is -3.67. The van der Waals surface area contributed by atoms with Crippen molar-refractivity contribution in [3.05, 3.63) is 77.7 Å². The summed E-state index contributed by atoms with van der Waals surface area (Å²) >= 11 is 0. The van der Waals surface area contributed by atoms with Crippen LogP contribution in [0.15, 0.2) is 66.1 Å². The van der Waals surface area contributed by atoms with Gasteiger partial charge in [0.1, 0.15) is 12.4 Å². The van der Waals surface area contributed by atoms with E-state index in [9.17, 15) is 8.42 Å². The molecule has 1 aliphatic heterocycles. The maximum Gasteiger partial charge on any atom is 0.259 e. The maximum atomic E-state index is 12.6. The van der Waals surface area contributed by atoms with E-state index in [1.807, 2.05) is 18.2 Å². The van der Waals surface area contributed by atoms with E-state index in [2.05, 4.69) is 45.4 Å². The Hall–Kier alpha value is -2.68. The zero-order valence-electron chi connectivity index (χ0n) is 19.5. The second-order valence-electron chi connectivity index (χ2n) is 9.49. The molecule has 3 aromatic rings. The van der Waals surface area contributed by atoms with Crippen molar-refractivity contribution in [2.24, 2.45) is 13.0 Å². The highest BCUT2D eigenvalue weighted by Crippen LogP contribution is 2.37. The number of benzene rings is 2. The van der Waals surface area contributed by atoms with Gasteiger partial charge in [0.05, 0.1) is 6.33 Å². The molecule has 180 valence electrons. The van der Waals surface area contributed by atoms with Crippen LogP contribution in [0.2, 0.25) is 0 Å². The SMILES string of the molecule is Cn1cnc(S(=O)(=O)NCc2ccc3c(c2)C(Cc2ccccc2)C(NCC2CCC2)CO3)c1. The number of sulfonamides is 1. The quantitative estimate of drug-likeness (QED) is 0.491. The summed E-state index contributed by atoms with van der Waals surface area (Å²) in [4.78, 5) is 3.97. The highest BCUT2D eigenvalue weighted by Gasteiger charge is 2.32. The van der Waals surface area contributed by atoms with E-state index in [0.29, 0.717) is 6.61 Å². The summed E-state index contributed by atoms with van der Waals surface area (Å²) in [7, 11) is -1.92. The summed E-state index contributed by atoms with van der Waals surface area (Å²) in [6.07, 6.45) is 7.83. The van der Waals surface area contributed by atoms with Crippen molar-refractivity contribution >= 4 is 10.0 Å². The first-order valence-corrected chi connectivity index (χ1v) is 13.5. The van der Waals surface area contributed by atoms with Crippen LogP contribution < -0.4 is 14.8 Å². The fraction of sp³-hybridized carbons (Fsp3) is 0.423. The monoisotopic (exact) mass is 480 g/mol. The Morgan fingerprint density at radius 2 is 1.94 bits per heavy atom. The third-order valence-corrected chi connectivity index (χ3v) is 8.28. The minimum absolute atomic E-state index is 0.0264. The molecule has 2 atom stereocenters. The molecule has 0 saturated heterocycles. The van der Waals surface area contributed by atoms with Gasteiger partial charge in [-0.05, 0) is 54.5 Å². The highest BCUT2D eigenvalue weighted by molar-refractivity contribution is 7.89. The molecule has 1 aromatic heterocycles. The van der Waals surface area contributed by atoms with Gasteiger partial charge in [-0.3, -0.25) is 0 Å². The lowest BCUT2D eigenvalue weighted by atomic mass is 9.81. The molecule has 0 radical (unpaired) electrons. The average Bonchev–Trinajstić information content (AvgIpc) is 3.26. The van der Waals surface area contributed by atoms with E-state index >= 15 is 0 Å². The molecule has 0 spiro atoms. The van der Waals surface area contributed by atoms with Crippen molar-refractivity contribution in [3.63, 3.8) is 0 Å². The van der Waals surface area contributed by atoms with E-state index in [1.165, 1.54) is 37.4 Å². The van der Waals surface area contributed by atoms with E-state index < -0.39 is 10.0 Å². The van der Waals surface area contributed by atoms with E-state index in [1.54, 1.807) is 11.6 Å². The molecule has 8 heteroatoms. The van der Waals surface area contributed by atoms with Crippen molar-refractivity contribution in [1.29, 1.82) is 0 Å². The topological polar surface area (TPSA) is 85.2 Å². The lowest BCUT2D eigenvalue weighted by Crippen LogP contribution is -2.46. The molecule has 2 aliphatic rings. The van der Waals surface area contributed by atoms with Crippen LogP contribution in [-0.2, 0) is 30.0 Å². The van der Waals surface area contributed by atoms with Crippen LogP contribution >= 0.6 is 0 Å². The number of nitrogens with one attached hydrogen (secondary N) is 2. The first kappa shape index (κ1) is 23.1. The molecule has 7 nitrogen and oxygen atoms in total. The number of hydrogen-bond acceptors (Lipinski definition) is 5. The summed E-state index contributed by atoms with van der Waals surface area (Å²) in [5.74, 6) is 1.91. The molecule has 2 unspecified atom stereocenters. The third-order valence-electron chi connectivity index (χ3n) is 6.99. The van der Waals surface area contributed by atoms with Crippen LogP contribution in [0.4, 0.5) is 0 Å². The Balaban J connectivity index is 1.36. The van der Waals surface area contributed by atoms with Crippen LogP contribution in [-0.4, -0.2) is 37.2 Å². The van der Waals surface area contributed by atoms with Crippen molar-refractivity contribution in [2.45, 2.75) is 49.2 Å². The zero-order valence-corrected chi connectivity index (χ0v) is 20.3. The maximum absolute atomic E-state index is 12.6. The Kier molecular flexibility index (Phi) is 6.72. The highest BCUT2D eigenvalue weighted by atomic mass is 32.2. The Morgan fingerprint density at radius 3 is 2.65 bits per heavy atom. The molecule has 34 heavy (non-hydrogen) atoms. The molecule has 0 bridgehead atoms. The van der Waals surface area contributed by atoms with Gasteiger partial charge in [0.25, 0.3) is 10.0 Å². The van der Waals surface area contributed by atoms with Gasteiger partial charge in [-0.25, -0.2) is 18.1 Å². The number of aryl methyl sites for hydroxylation is 1. The average molecular weight is 481 g/mol. The fourth-order valence-electron chi connectivity index (χ4n) is 4.76. The third kappa shape index (κ3) is 5.19. The standard InChI is InChI=1S/C26H32N4O3S/c1-30-16-26(28-18-30)34(31,32)29-15-21-10-11-25-23(13-21)22(12-19-6-3-2-4-7-19)24(17-33-25)27-14-20-8-5-9-20/h2-4,6-7,10-11,13,16,18,20,22,24,27,29H,5,8-9,12,14-15,17H2,1H3. The van der Waals surface area contributed by atoms with Gasteiger partial charge in [0, 0.05) is 31.7 Å². The van der Waals surface area contributed by atoms with Crippen LogP contribution in [0.25, 0.3) is 0 Å². The molecular formula is C26H32N4O3S. The second-order valence-corrected chi connectivity index (χ2v) is 11.2. The summed E-state index contributed by atoms with van der Waals surface area (Å²) in [5.41, 5.74) is 3.33. The van der Waals surface area contributed by atoms with Crippen molar-refractivity contribution in [2.75, 3.05) is 13.2 Å². The predicted molar refractivity (Wildman–Crippen MR) is 131 cm³/mol. The first-order chi connectivity index (χ1) is 16.5. The van der Waals surface area contributed by atoms with E-state index in [0.717, 1.165) is 35.8 Å². The molecule has 1 aliphatic carbocycles. The van der Waals surface area contributed by atoms with Gasteiger partial charge in [-0.15, -0.1) is 0 Å². The number of hydrogen-bond donors (Lipinski definition) is 2. The Bertz CT molecular complexity index is 1220. The van der Waals surface area contributed by atoms with Crippen LogP contribution in [0.5, 0.6) is 5.75 Å². The van der Waals surface area contributed by atoms with Gasteiger partial charge in [-0.2, -0.15) is 0 Å². The number of rotatable bonds is 9. The molecule has 5 rings (SSSR count). The zero-order chi connectivity index (χ0) is 23.5. The van der Waals surface area contributed by atoms with E-state index in [-0.39, 0.29) is 23.5 Å². The fourth-order valence-corrected chi connectivity index (χ4v) is 5.75. The van der Waals surface area contributed by atoms with E-state index in [4.69, 9.17) is 4.74 Å². The van der Waals surface area contributed by atoms with Crippen LogP contribution in [0.1, 0.15) is 41.9 Å². The van der Waals surface area contributed by atoms with Crippen molar-refractivity contribution in [3.8, 4) is 5.75 Å². The predicted octanol–water partition coefficient (Wildman–Crippen LogP) is 3.38. The minimum Gasteiger partial charge on any atom is -0.492 e. The molecule has 2 heterocycles. The molecule has 1 saturated carbocycles. The van der Waals surface area contributed by atoms with Crippen molar-refractivity contribution < 1.29 is 13.2 Å². The van der Waals surface area contributed by atoms with Gasteiger partial charge < -0.3 is 14.6 Å². The number of fused-ring (bicyclic) bond motifs is 1. The number of imidazole rings is 1. The van der Waals surface area contributed by atoms with Crippen LogP contribution in [0.3, 0.4) is 0 Å². The molecular weight excluding hydrogens is 448 g/mol. The Labute approximate surface area is 201 Å². The summed E-state index contributed by atoms with van der Waals surface area (Å²) in [6.45, 7) is 1.87. The number of aromatic nitrogens is 2. The van der Waals surface area contributed by atoms with Crippen molar-refractivity contribution in [1.82, 2.24) is 19.6 Å². The van der Waals surface area contributed by atoms with Gasteiger partial charge in [0.2, 0.25) is 0 Å². The molecule has 2 N–H and O–H groups in total. The van der Waals surface area contributed by atoms with Gasteiger partial charge >= 0.3 is 0 Å². The molecule has 1 fully saturated rings. The summed E-state index contributed by atoms with van der Waals surface area (Å²) in [5, 5.41) is 3.81. The first-order valence-electron chi connectivity index (χ1n) is 12.0. The smallest absolute Gasteiger partial charge is 0.259 e. The van der Waals surface area contributed by atoms with Crippen LogP contribution in [0, 0.1) is 5.92 Å². The lowest BCUT2D eigenvalue weighted by molar-refractivity contribution is 0.194.